The number of rotatable bonds is 4. The summed E-state index contributed by atoms with van der Waals surface area (Å²) in [5.74, 6) is -1.99. The van der Waals surface area contributed by atoms with Crippen molar-refractivity contribution in [3.05, 3.63) is 65.0 Å². The number of anilines is 1. The number of benzene rings is 2. The summed E-state index contributed by atoms with van der Waals surface area (Å²) < 4.78 is 32.3. The van der Waals surface area contributed by atoms with Gasteiger partial charge in [-0.2, -0.15) is 0 Å². The molecule has 122 valence electrons. The molecule has 0 aliphatic carbocycles. The zero-order chi connectivity index (χ0) is 17.1. The van der Waals surface area contributed by atoms with Gasteiger partial charge in [-0.15, -0.1) is 11.3 Å². The number of nitrogens with one attached hydrogen (secondary N) is 1. The summed E-state index contributed by atoms with van der Waals surface area (Å²) in [4.78, 5) is 16.3. The standard InChI is InChI=1S/C17H12F2N2O2S/c1-23-11-7-5-10(6-8-11)14-9-24-17(20-14)21-16(22)15-12(18)3-2-4-13(15)19/h2-9H,1H3,(H,20,21,22). The Hall–Kier alpha value is -2.80. The van der Waals surface area contributed by atoms with Crippen LogP contribution in [-0.2, 0) is 0 Å². The molecule has 1 aromatic heterocycles. The van der Waals surface area contributed by atoms with Gasteiger partial charge in [0.2, 0.25) is 0 Å². The van der Waals surface area contributed by atoms with Gasteiger partial charge in [-0.3, -0.25) is 10.1 Å². The second-order valence-electron chi connectivity index (χ2n) is 4.82. The molecule has 0 aliphatic heterocycles. The van der Waals surface area contributed by atoms with Gasteiger partial charge in [-0.1, -0.05) is 6.07 Å². The number of halogens is 2. The molecular formula is C17H12F2N2O2S. The third kappa shape index (κ3) is 3.26. The van der Waals surface area contributed by atoms with Crippen LogP contribution >= 0.6 is 11.3 Å². The average molecular weight is 346 g/mol. The number of carbonyl (C=O) groups excluding carboxylic acids is 1. The first-order chi connectivity index (χ1) is 11.6. The molecule has 0 spiro atoms. The number of aromatic nitrogens is 1. The fourth-order valence-corrected chi connectivity index (χ4v) is 2.81. The normalized spacial score (nSPS) is 10.5. The quantitative estimate of drug-likeness (QED) is 0.764. The van der Waals surface area contributed by atoms with E-state index in [0.717, 1.165) is 23.4 Å². The van der Waals surface area contributed by atoms with Crippen LogP contribution in [0.4, 0.5) is 13.9 Å². The summed E-state index contributed by atoms with van der Waals surface area (Å²) >= 11 is 1.17. The molecule has 0 fully saturated rings. The first-order valence-electron chi connectivity index (χ1n) is 6.94. The molecule has 4 nitrogen and oxygen atoms in total. The first kappa shape index (κ1) is 16.1. The maximum atomic E-state index is 13.6. The Labute approximate surface area is 140 Å². The molecule has 0 atom stereocenters. The zero-order valence-corrected chi connectivity index (χ0v) is 13.4. The van der Waals surface area contributed by atoms with Crippen molar-refractivity contribution >= 4 is 22.4 Å². The fraction of sp³-hybridized carbons (Fsp3) is 0.0588. The van der Waals surface area contributed by atoms with Gasteiger partial charge in [0.25, 0.3) is 5.91 Å². The minimum atomic E-state index is -0.917. The molecule has 3 aromatic rings. The number of amides is 1. The number of hydrogen-bond acceptors (Lipinski definition) is 4. The molecule has 0 saturated heterocycles. The van der Waals surface area contributed by atoms with E-state index in [1.165, 1.54) is 17.4 Å². The Bertz CT molecular complexity index is 858. The number of ether oxygens (including phenoxy) is 1. The van der Waals surface area contributed by atoms with E-state index in [9.17, 15) is 13.6 Å². The van der Waals surface area contributed by atoms with Crippen LogP contribution < -0.4 is 10.1 Å². The Morgan fingerprint density at radius 2 is 1.79 bits per heavy atom. The van der Waals surface area contributed by atoms with E-state index in [0.29, 0.717) is 5.69 Å². The minimum absolute atomic E-state index is 0.258. The lowest BCUT2D eigenvalue weighted by atomic mass is 10.2. The van der Waals surface area contributed by atoms with Crippen molar-refractivity contribution in [3.63, 3.8) is 0 Å². The Kier molecular flexibility index (Phi) is 4.52. The molecule has 0 saturated carbocycles. The third-order valence-electron chi connectivity index (χ3n) is 3.30. The maximum Gasteiger partial charge on any atom is 0.263 e. The number of hydrogen-bond donors (Lipinski definition) is 1. The molecule has 0 radical (unpaired) electrons. The second kappa shape index (κ2) is 6.76. The lowest BCUT2D eigenvalue weighted by Crippen LogP contribution is -2.15. The minimum Gasteiger partial charge on any atom is -0.497 e. The molecule has 3 rings (SSSR count). The third-order valence-corrected chi connectivity index (χ3v) is 4.06. The highest BCUT2D eigenvalue weighted by molar-refractivity contribution is 7.14. The summed E-state index contributed by atoms with van der Waals surface area (Å²) in [6.07, 6.45) is 0. The predicted molar refractivity (Wildman–Crippen MR) is 88.4 cm³/mol. The summed E-state index contributed by atoms with van der Waals surface area (Å²) in [5, 5.41) is 4.42. The Balaban J connectivity index is 1.79. The van der Waals surface area contributed by atoms with Crippen LogP contribution in [0.1, 0.15) is 10.4 Å². The van der Waals surface area contributed by atoms with E-state index in [1.807, 2.05) is 12.1 Å². The van der Waals surface area contributed by atoms with E-state index >= 15 is 0 Å². The lowest BCUT2D eigenvalue weighted by Gasteiger charge is -2.04. The van der Waals surface area contributed by atoms with Gasteiger partial charge in [0.15, 0.2) is 5.13 Å². The smallest absolute Gasteiger partial charge is 0.263 e. The van der Waals surface area contributed by atoms with Gasteiger partial charge in [0, 0.05) is 10.9 Å². The van der Waals surface area contributed by atoms with E-state index in [4.69, 9.17) is 4.74 Å². The van der Waals surface area contributed by atoms with Crippen LogP contribution in [0.5, 0.6) is 5.75 Å². The van der Waals surface area contributed by atoms with E-state index < -0.39 is 23.1 Å². The zero-order valence-electron chi connectivity index (χ0n) is 12.5. The highest BCUT2D eigenvalue weighted by Gasteiger charge is 2.18. The van der Waals surface area contributed by atoms with Crippen molar-refractivity contribution in [1.82, 2.24) is 4.98 Å². The van der Waals surface area contributed by atoms with E-state index in [1.54, 1.807) is 24.6 Å². The molecular weight excluding hydrogens is 334 g/mol. The van der Waals surface area contributed by atoms with Crippen molar-refractivity contribution < 1.29 is 18.3 Å². The van der Waals surface area contributed by atoms with Gasteiger partial charge < -0.3 is 4.74 Å². The maximum absolute atomic E-state index is 13.6. The molecule has 1 heterocycles. The Morgan fingerprint density at radius 3 is 2.42 bits per heavy atom. The van der Waals surface area contributed by atoms with Gasteiger partial charge in [0.1, 0.15) is 22.9 Å². The highest BCUT2D eigenvalue weighted by atomic mass is 32.1. The molecule has 0 bridgehead atoms. The predicted octanol–water partition coefficient (Wildman–Crippen LogP) is 4.35. The number of methoxy groups -OCH3 is 1. The van der Waals surface area contributed by atoms with Gasteiger partial charge in [-0.05, 0) is 36.4 Å². The number of thiazole rings is 1. The second-order valence-corrected chi connectivity index (χ2v) is 5.68. The van der Waals surface area contributed by atoms with Crippen LogP contribution in [0.15, 0.2) is 47.8 Å². The van der Waals surface area contributed by atoms with Gasteiger partial charge in [0.05, 0.1) is 12.8 Å². The largest absolute Gasteiger partial charge is 0.497 e. The van der Waals surface area contributed by atoms with Crippen molar-refractivity contribution in [2.75, 3.05) is 12.4 Å². The molecule has 1 amide bonds. The average Bonchev–Trinajstić information content (AvgIpc) is 3.03. The summed E-state index contributed by atoms with van der Waals surface area (Å²) in [5.41, 5.74) is 0.857. The van der Waals surface area contributed by atoms with Crippen molar-refractivity contribution in [1.29, 1.82) is 0 Å². The van der Waals surface area contributed by atoms with Crippen molar-refractivity contribution in [2.45, 2.75) is 0 Å². The fourth-order valence-electron chi connectivity index (χ4n) is 2.10. The molecule has 0 unspecified atom stereocenters. The van der Waals surface area contributed by atoms with Crippen molar-refractivity contribution in [3.8, 4) is 17.0 Å². The molecule has 24 heavy (non-hydrogen) atoms. The van der Waals surface area contributed by atoms with E-state index in [2.05, 4.69) is 10.3 Å². The lowest BCUT2D eigenvalue weighted by molar-refractivity contribution is 0.101. The molecule has 7 heteroatoms. The van der Waals surface area contributed by atoms with Crippen molar-refractivity contribution in [2.24, 2.45) is 0 Å². The first-order valence-corrected chi connectivity index (χ1v) is 7.82. The molecule has 1 N–H and O–H groups in total. The topological polar surface area (TPSA) is 51.2 Å². The van der Waals surface area contributed by atoms with E-state index in [-0.39, 0.29) is 5.13 Å². The molecule has 2 aromatic carbocycles. The van der Waals surface area contributed by atoms with Gasteiger partial charge >= 0.3 is 0 Å². The monoisotopic (exact) mass is 346 g/mol. The summed E-state index contributed by atoms with van der Waals surface area (Å²) in [6.45, 7) is 0. The Morgan fingerprint density at radius 1 is 1.12 bits per heavy atom. The van der Waals surface area contributed by atoms with Crippen LogP contribution in [0.25, 0.3) is 11.3 Å². The number of carbonyl (C=O) groups is 1. The highest BCUT2D eigenvalue weighted by Crippen LogP contribution is 2.27. The van der Waals surface area contributed by atoms with Crippen LogP contribution in [-0.4, -0.2) is 18.0 Å². The summed E-state index contributed by atoms with van der Waals surface area (Å²) in [6, 6.07) is 10.5. The van der Waals surface area contributed by atoms with Crippen LogP contribution in [0, 0.1) is 11.6 Å². The summed E-state index contributed by atoms with van der Waals surface area (Å²) in [7, 11) is 1.58. The number of nitrogens with zero attached hydrogens (tertiary/aromatic N) is 1. The molecule has 0 aliphatic rings. The van der Waals surface area contributed by atoms with Crippen LogP contribution in [0.3, 0.4) is 0 Å². The SMILES string of the molecule is COc1ccc(-c2csc(NC(=O)c3c(F)cccc3F)n2)cc1. The van der Waals surface area contributed by atoms with Crippen LogP contribution in [0.2, 0.25) is 0 Å². The van der Waals surface area contributed by atoms with Gasteiger partial charge in [-0.25, -0.2) is 13.8 Å².